The van der Waals surface area contributed by atoms with E-state index in [1.807, 2.05) is 0 Å². The summed E-state index contributed by atoms with van der Waals surface area (Å²) in [7, 11) is 0. The second kappa shape index (κ2) is 3.74. The van der Waals surface area contributed by atoms with Crippen molar-refractivity contribution in [3.8, 4) is 0 Å². The molecule has 1 saturated heterocycles. The fraction of sp³-hybridized carbons (Fsp3) is 1.00. The van der Waals surface area contributed by atoms with Gasteiger partial charge in [-0.1, -0.05) is 0 Å². The van der Waals surface area contributed by atoms with Gasteiger partial charge in [-0.05, 0) is 31.1 Å². The Bertz CT molecular complexity index is 127. The van der Waals surface area contributed by atoms with Gasteiger partial charge in [-0.3, -0.25) is 0 Å². The maximum atomic E-state index is 5.89. The molecule has 0 radical (unpaired) electrons. The molecule has 2 atom stereocenters. The van der Waals surface area contributed by atoms with Gasteiger partial charge in [-0.25, -0.2) is 0 Å². The van der Waals surface area contributed by atoms with E-state index < -0.39 is 0 Å². The van der Waals surface area contributed by atoms with Crippen LogP contribution in [0.3, 0.4) is 0 Å². The molecule has 3 heteroatoms. The average Bonchev–Trinajstić information content (AvgIpc) is 2.71. The summed E-state index contributed by atoms with van der Waals surface area (Å²) in [6, 6.07) is 0.334. The van der Waals surface area contributed by atoms with Crippen LogP contribution in [0.25, 0.3) is 0 Å². The van der Waals surface area contributed by atoms with Crippen molar-refractivity contribution in [3.05, 3.63) is 0 Å². The lowest BCUT2D eigenvalue weighted by atomic mass is 9.91. The lowest BCUT2D eigenvalue weighted by molar-refractivity contribution is 0.0423. The summed E-state index contributed by atoms with van der Waals surface area (Å²) >= 11 is 0. The number of hydrogen-bond acceptors (Lipinski definition) is 2. The van der Waals surface area contributed by atoms with Crippen LogP contribution in [0, 0.1) is 11.8 Å². The first-order valence-electron chi connectivity index (χ1n) is 4.21. The van der Waals surface area contributed by atoms with Gasteiger partial charge >= 0.3 is 0 Å². The molecular formula is C8H16ClNO. The molecule has 0 bridgehead atoms. The van der Waals surface area contributed by atoms with Crippen molar-refractivity contribution in [1.29, 1.82) is 0 Å². The van der Waals surface area contributed by atoms with E-state index in [2.05, 4.69) is 0 Å². The third-order valence-corrected chi connectivity index (χ3v) is 2.68. The van der Waals surface area contributed by atoms with Crippen LogP contribution in [0.2, 0.25) is 0 Å². The summed E-state index contributed by atoms with van der Waals surface area (Å²) in [6.45, 7) is 1.73. The molecule has 0 amide bonds. The molecule has 2 N–H and O–H groups in total. The normalized spacial score (nSPS) is 37.9. The SMILES string of the molecule is Cl.NC1COCCC1C1CC1. The quantitative estimate of drug-likeness (QED) is 0.653. The molecule has 0 aromatic heterocycles. The zero-order valence-corrected chi connectivity index (χ0v) is 7.48. The van der Waals surface area contributed by atoms with Crippen LogP contribution >= 0.6 is 12.4 Å². The van der Waals surface area contributed by atoms with Crippen LogP contribution in [0.4, 0.5) is 0 Å². The Kier molecular flexibility index (Phi) is 3.16. The minimum Gasteiger partial charge on any atom is -0.380 e. The predicted octanol–water partition coefficient (Wildman–Crippen LogP) is 1.18. The Balaban J connectivity index is 0.000000605. The maximum absolute atomic E-state index is 5.89. The molecule has 0 aromatic rings. The number of hydrogen-bond donors (Lipinski definition) is 1. The average molecular weight is 178 g/mol. The maximum Gasteiger partial charge on any atom is 0.0620 e. The molecule has 11 heavy (non-hydrogen) atoms. The number of halogens is 1. The second-order valence-corrected chi connectivity index (χ2v) is 3.53. The third-order valence-electron chi connectivity index (χ3n) is 2.68. The second-order valence-electron chi connectivity index (χ2n) is 3.53. The molecule has 0 aromatic carbocycles. The molecule has 1 saturated carbocycles. The van der Waals surface area contributed by atoms with Gasteiger partial charge in [-0.15, -0.1) is 12.4 Å². The molecular weight excluding hydrogens is 162 g/mol. The number of nitrogens with two attached hydrogens (primary N) is 1. The van der Waals surface area contributed by atoms with Gasteiger partial charge in [0.2, 0.25) is 0 Å². The lowest BCUT2D eigenvalue weighted by Gasteiger charge is -2.28. The van der Waals surface area contributed by atoms with Crippen LogP contribution in [-0.2, 0) is 4.74 Å². The molecule has 1 aliphatic heterocycles. The summed E-state index contributed by atoms with van der Waals surface area (Å²) in [5.41, 5.74) is 5.89. The van der Waals surface area contributed by atoms with Crippen LogP contribution in [0.5, 0.6) is 0 Å². The smallest absolute Gasteiger partial charge is 0.0620 e. The van der Waals surface area contributed by atoms with Gasteiger partial charge in [0.1, 0.15) is 0 Å². The molecule has 0 spiro atoms. The van der Waals surface area contributed by atoms with E-state index in [0.717, 1.165) is 25.0 Å². The Hall–Kier alpha value is 0.210. The Labute approximate surface area is 73.9 Å². The van der Waals surface area contributed by atoms with Crippen molar-refractivity contribution in [3.63, 3.8) is 0 Å². The number of ether oxygens (including phenoxy) is 1. The van der Waals surface area contributed by atoms with Crippen molar-refractivity contribution >= 4 is 12.4 Å². The Morgan fingerprint density at radius 1 is 1.18 bits per heavy atom. The molecule has 2 unspecified atom stereocenters. The van der Waals surface area contributed by atoms with Crippen LogP contribution in [-0.4, -0.2) is 19.3 Å². The van der Waals surface area contributed by atoms with Crippen molar-refractivity contribution in [2.75, 3.05) is 13.2 Å². The predicted molar refractivity (Wildman–Crippen MR) is 46.9 cm³/mol. The van der Waals surface area contributed by atoms with E-state index in [4.69, 9.17) is 10.5 Å². The van der Waals surface area contributed by atoms with Crippen molar-refractivity contribution in [2.45, 2.75) is 25.3 Å². The highest BCUT2D eigenvalue weighted by Crippen LogP contribution is 2.40. The number of rotatable bonds is 1. The van der Waals surface area contributed by atoms with E-state index >= 15 is 0 Å². The van der Waals surface area contributed by atoms with Crippen molar-refractivity contribution in [1.82, 2.24) is 0 Å². The fourth-order valence-corrected chi connectivity index (χ4v) is 1.89. The van der Waals surface area contributed by atoms with Gasteiger partial charge in [0.05, 0.1) is 6.61 Å². The first-order chi connectivity index (χ1) is 4.88. The van der Waals surface area contributed by atoms with Gasteiger partial charge < -0.3 is 10.5 Å². The van der Waals surface area contributed by atoms with E-state index in [0.29, 0.717) is 6.04 Å². The minimum absolute atomic E-state index is 0. The molecule has 2 rings (SSSR count). The summed E-state index contributed by atoms with van der Waals surface area (Å²) in [5.74, 6) is 1.74. The molecule has 66 valence electrons. The van der Waals surface area contributed by atoms with Gasteiger partial charge in [0.25, 0.3) is 0 Å². The summed E-state index contributed by atoms with van der Waals surface area (Å²) in [4.78, 5) is 0. The Morgan fingerprint density at radius 3 is 2.45 bits per heavy atom. The van der Waals surface area contributed by atoms with Gasteiger partial charge in [0.15, 0.2) is 0 Å². The molecule has 2 aliphatic rings. The molecule has 1 heterocycles. The van der Waals surface area contributed by atoms with Crippen molar-refractivity contribution in [2.24, 2.45) is 17.6 Å². The van der Waals surface area contributed by atoms with Gasteiger partial charge in [0, 0.05) is 12.6 Å². The molecule has 1 aliphatic carbocycles. The zero-order chi connectivity index (χ0) is 6.97. The molecule has 2 nitrogen and oxygen atoms in total. The van der Waals surface area contributed by atoms with Crippen molar-refractivity contribution < 1.29 is 4.74 Å². The third kappa shape index (κ3) is 2.08. The largest absolute Gasteiger partial charge is 0.380 e. The highest BCUT2D eigenvalue weighted by molar-refractivity contribution is 5.85. The standard InChI is InChI=1S/C8H15NO.ClH/c9-8-5-10-4-3-7(8)6-1-2-6;/h6-8H,1-5,9H2;1H. The van der Waals surface area contributed by atoms with E-state index in [1.165, 1.54) is 19.3 Å². The van der Waals surface area contributed by atoms with Gasteiger partial charge in [-0.2, -0.15) is 0 Å². The lowest BCUT2D eigenvalue weighted by Crippen LogP contribution is -2.40. The van der Waals surface area contributed by atoms with E-state index in [9.17, 15) is 0 Å². The Morgan fingerprint density at radius 2 is 1.91 bits per heavy atom. The highest BCUT2D eigenvalue weighted by Gasteiger charge is 2.36. The van der Waals surface area contributed by atoms with Crippen LogP contribution in [0.15, 0.2) is 0 Å². The first-order valence-corrected chi connectivity index (χ1v) is 4.21. The first kappa shape index (κ1) is 9.30. The summed E-state index contributed by atoms with van der Waals surface area (Å²) in [6.07, 6.45) is 4.03. The van der Waals surface area contributed by atoms with E-state index in [1.54, 1.807) is 0 Å². The zero-order valence-electron chi connectivity index (χ0n) is 6.66. The monoisotopic (exact) mass is 177 g/mol. The van der Waals surface area contributed by atoms with E-state index in [-0.39, 0.29) is 12.4 Å². The minimum atomic E-state index is 0. The van der Waals surface area contributed by atoms with Crippen LogP contribution < -0.4 is 5.73 Å². The fourth-order valence-electron chi connectivity index (χ4n) is 1.89. The highest BCUT2D eigenvalue weighted by atomic mass is 35.5. The van der Waals surface area contributed by atoms with Crippen LogP contribution in [0.1, 0.15) is 19.3 Å². The topological polar surface area (TPSA) is 35.2 Å². The summed E-state index contributed by atoms with van der Waals surface area (Å²) in [5, 5.41) is 0. The molecule has 2 fully saturated rings. The summed E-state index contributed by atoms with van der Waals surface area (Å²) < 4.78 is 5.26.